The number of rotatable bonds is 4. The second-order valence-corrected chi connectivity index (χ2v) is 9.66. The number of hydrogen-bond donors (Lipinski definition) is 1. The fourth-order valence-electron chi connectivity index (χ4n) is 3.55. The van der Waals surface area contributed by atoms with Gasteiger partial charge in [0.2, 0.25) is 0 Å². The summed E-state index contributed by atoms with van der Waals surface area (Å²) in [4.78, 5) is 26.6. The van der Waals surface area contributed by atoms with Crippen molar-refractivity contribution in [1.82, 2.24) is 0 Å². The van der Waals surface area contributed by atoms with Crippen molar-refractivity contribution in [3.05, 3.63) is 51.4 Å². The summed E-state index contributed by atoms with van der Waals surface area (Å²) >= 11 is 1.52. The van der Waals surface area contributed by atoms with Crippen LogP contribution in [0.2, 0.25) is 0 Å². The number of benzene rings is 1. The molecule has 1 amide bonds. The zero-order chi connectivity index (χ0) is 20.5. The Morgan fingerprint density at radius 3 is 2.50 bits per heavy atom. The molecule has 2 aromatic rings. The first-order chi connectivity index (χ1) is 13.2. The van der Waals surface area contributed by atoms with Gasteiger partial charge in [0.15, 0.2) is 0 Å². The molecule has 150 valence electrons. The van der Waals surface area contributed by atoms with Crippen molar-refractivity contribution in [3.63, 3.8) is 0 Å². The van der Waals surface area contributed by atoms with Crippen molar-refractivity contribution in [3.8, 4) is 0 Å². The first-order valence-electron chi connectivity index (χ1n) is 9.94. The number of hydrogen-bond acceptors (Lipinski definition) is 4. The van der Waals surface area contributed by atoms with Crippen molar-refractivity contribution in [2.24, 2.45) is 5.92 Å². The zero-order valence-corrected chi connectivity index (χ0v) is 18.2. The first-order valence-corrected chi connectivity index (χ1v) is 10.8. The Morgan fingerprint density at radius 1 is 1.21 bits per heavy atom. The number of anilines is 1. The van der Waals surface area contributed by atoms with Gasteiger partial charge in [0, 0.05) is 10.4 Å². The summed E-state index contributed by atoms with van der Waals surface area (Å²) in [6.07, 6.45) is 2.86. The molecule has 1 N–H and O–H groups in total. The Hall–Kier alpha value is -2.14. The van der Waals surface area contributed by atoms with Gasteiger partial charge in [-0.3, -0.25) is 4.79 Å². The minimum atomic E-state index is -0.340. The van der Waals surface area contributed by atoms with Crippen LogP contribution in [0.4, 0.5) is 5.00 Å². The van der Waals surface area contributed by atoms with Crippen LogP contribution in [0, 0.1) is 5.92 Å². The maximum atomic E-state index is 12.8. The van der Waals surface area contributed by atoms with E-state index in [-0.39, 0.29) is 17.3 Å². The average molecular weight is 400 g/mol. The van der Waals surface area contributed by atoms with Crippen LogP contribution in [0.3, 0.4) is 0 Å². The molecule has 1 aromatic carbocycles. The van der Waals surface area contributed by atoms with Gasteiger partial charge in [0.1, 0.15) is 5.00 Å². The Kier molecular flexibility index (Phi) is 5.94. The van der Waals surface area contributed by atoms with E-state index in [1.54, 1.807) is 6.92 Å². The number of carbonyl (C=O) groups excluding carboxylic acids is 2. The Morgan fingerprint density at radius 2 is 1.89 bits per heavy atom. The van der Waals surface area contributed by atoms with Gasteiger partial charge in [0.05, 0.1) is 12.2 Å². The molecule has 1 aliphatic rings. The molecule has 4 nitrogen and oxygen atoms in total. The highest BCUT2D eigenvalue weighted by Crippen LogP contribution is 2.40. The molecule has 28 heavy (non-hydrogen) atoms. The van der Waals surface area contributed by atoms with Crippen molar-refractivity contribution in [2.75, 3.05) is 11.9 Å². The first kappa shape index (κ1) is 20.6. The lowest BCUT2D eigenvalue weighted by atomic mass is 9.86. The maximum absolute atomic E-state index is 12.8. The van der Waals surface area contributed by atoms with E-state index in [4.69, 9.17) is 4.74 Å². The van der Waals surface area contributed by atoms with Crippen molar-refractivity contribution in [2.45, 2.75) is 59.3 Å². The third-order valence-corrected chi connectivity index (χ3v) is 6.40. The molecule has 5 heteroatoms. The largest absolute Gasteiger partial charge is 0.462 e. The third kappa shape index (κ3) is 4.30. The highest BCUT2D eigenvalue weighted by Gasteiger charge is 2.29. The molecule has 0 bridgehead atoms. The summed E-state index contributed by atoms with van der Waals surface area (Å²) in [6.45, 7) is 10.8. The van der Waals surface area contributed by atoms with Gasteiger partial charge in [-0.25, -0.2) is 4.79 Å². The van der Waals surface area contributed by atoms with E-state index in [9.17, 15) is 9.59 Å². The Balaban J connectivity index is 1.89. The lowest BCUT2D eigenvalue weighted by Crippen LogP contribution is -2.17. The lowest BCUT2D eigenvalue weighted by Gasteiger charge is -2.19. The molecular weight excluding hydrogens is 370 g/mol. The average Bonchev–Trinajstić information content (AvgIpc) is 2.98. The molecule has 0 saturated carbocycles. The zero-order valence-electron chi connectivity index (χ0n) is 17.3. The number of nitrogens with one attached hydrogen (secondary N) is 1. The van der Waals surface area contributed by atoms with E-state index in [1.165, 1.54) is 21.8 Å². The standard InChI is InChI=1S/C23H29NO3S/c1-6-27-22(26)19-17-12-7-14(2)13-18(17)28-21(19)24-20(25)15-8-10-16(11-9-15)23(3,4)5/h8-11,14H,6-7,12-13H2,1-5H3,(H,24,25)/t14-/m1/s1. The predicted octanol–water partition coefficient (Wildman–Crippen LogP) is 5.60. The predicted molar refractivity (Wildman–Crippen MR) is 115 cm³/mol. The van der Waals surface area contributed by atoms with Gasteiger partial charge < -0.3 is 10.1 Å². The molecular formula is C23H29NO3S. The summed E-state index contributed by atoms with van der Waals surface area (Å²) < 4.78 is 5.28. The van der Waals surface area contributed by atoms with Crippen molar-refractivity contribution < 1.29 is 14.3 Å². The van der Waals surface area contributed by atoms with E-state index in [2.05, 4.69) is 33.0 Å². The molecule has 0 saturated heterocycles. The SMILES string of the molecule is CCOC(=O)c1c(NC(=O)c2ccc(C(C)(C)C)cc2)sc2c1CC[C@@H](C)C2. The number of fused-ring (bicyclic) bond motifs is 1. The monoisotopic (exact) mass is 399 g/mol. The fourth-order valence-corrected chi connectivity index (χ4v) is 4.95. The van der Waals surface area contributed by atoms with E-state index < -0.39 is 0 Å². The van der Waals surface area contributed by atoms with Crippen LogP contribution < -0.4 is 5.32 Å². The maximum Gasteiger partial charge on any atom is 0.341 e. The summed E-state index contributed by atoms with van der Waals surface area (Å²) in [5.74, 6) is 0.0558. The van der Waals surface area contributed by atoms with Crippen LogP contribution in [-0.2, 0) is 23.0 Å². The van der Waals surface area contributed by atoms with Crippen molar-refractivity contribution in [1.29, 1.82) is 0 Å². The van der Waals surface area contributed by atoms with Gasteiger partial charge in [-0.1, -0.05) is 39.8 Å². The molecule has 1 aromatic heterocycles. The topological polar surface area (TPSA) is 55.4 Å². The molecule has 3 rings (SSSR count). The second kappa shape index (κ2) is 8.08. The van der Waals surface area contributed by atoms with E-state index in [1.807, 2.05) is 24.3 Å². The summed E-state index contributed by atoms with van der Waals surface area (Å²) in [6, 6.07) is 7.66. The number of esters is 1. The fraction of sp³-hybridized carbons (Fsp3) is 0.478. The summed E-state index contributed by atoms with van der Waals surface area (Å²) in [7, 11) is 0. The number of thiophene rings is 1. The third-order valence-electron chi connectivity index (χ3n) is 5.23. The molecule has 0 aliphatic heterocycles. The quantitative estimate of drug-likeness (QED) is 0.681. The smallest absolute Gasteiger partial charge is 0.341 e. The highest BCUT2D eigenvalue weighted by molar-refractivity contribution is 7.17. The molecule has 0 fully saturated rings. The second-order valence-electron chi connectivity index (χ2n) is 8.56. The van der Waals surface area contributed by atoms with Crippen LogP contribution in [0.1, 0.15) is 77.8 Å². The lowest BCUT2D eigenvalue weighted by molar-refractivity contribution is 0.0526. The van der Waals surface area contributed by atoms with Crippen LogP contribution in [-0.4, -0.2) is 18.5 Å². The number of carbonyl (C=O) groups is 2. The molecule has 1 heterocycles. The normalized spacial score (nSPS) is 16.4. The summed E-state index contributed by atoms with van der Waals surface area (Å²) in [5.41, 5.74) is 3.41. The van der Waals surface area contributed by atoms with Crippen LogP contribution in [0.5, 0.6) is 0 Å². The van der Waals surface area contributed by atoms with Gasteiger partial charge in [-0.2, -0.15) is 0 Å². The minimum Gasteiger partial charge on any atom is -0.462 e. The van der Waals surface area contributed by atoms with E-state index >= 15 is 0 Å². The van der Waals surface area contributed by atoms with Crippen LogP contribution in [0.15, 0.2) is 24.3 Å². The van der Waals surface area contributed by atoms with Gasteiger partial charge in [0.25, 0.3) is 5.91 Å². The molecule has 1 atom stereocenters. The van der Waals surface area contributed by atoms with Gasteiger partial charge >= 0.3 is 5.97 Å². The Labute approximate surface area is 171 Å². The van der Waals surface area contributed by atoms with Crippen LogP contribution >= 0.6 is 11.3 Å². The van der Waals surface area contributed by atoms with E-state index in [0.717, 1.165) is 24.8 Å². The molecule has 0 radical (unpaired) electrons. The molecule has 0 unspecified atom stereocenters. The summed E-state index contributed by atoms with van der Waals surface area (Å²) in [5, 5.41) is 3.59. The van der Waals surface area contributed by atoms with Gasteiger partial charge in [-0.15, -0.1) is 11.3 Å². The van der Waals surface area contributed by atoms with Gasteiger partial charge in [-0.05, 0) is 60.8 Å². The van der Waals surface area contributed by atoms with Crippen LogP contribution in [0.25, 0.3) is 0 Å². The highest BCUT2D eigenvalue weighted by atomic mass is 32.1. The molecule has 1 aliphatic carbocycles. The minimum absolute atomic E-state index is 0.0373. The number of ether oxygens (including phenoxy) is 1. The van der Waals surface area contributed by atoms with Crippen molar-refractivity contribution >= 4 is 28.2 Å². The Bertz CT molecular complexity index is 874. The number of amides is 1. The molecule has 0 spiro atoms. The van der Waals surface area contributed by atoms with E-state index in [0.29, 0.717) is 28.7 Å².